The summed E-state index contributed by atoms with van der Waals surface area (Å²) in [5.41, 5.74) is -1.92. The van der Waals surface area contributed by atoms with Gasteiger partial charge in [0.15, 0.2) is 0 Å². The van der Waals surface area contributed by atoms with E-state index in [0.29, 0.717) is 11.3 Å². The molecule has 0 aromatic carbocycles. The summed E-state index contributed by atoms with van der Waals surface area (Å²) in [6.07, 6.45) is 0. The summed E-state index contributed by atoms with van der Waals surface area (Å²) >= 11 is 0.359. The van der Waals surface area contributed by atoms with Gasteiger partial charge in [-0.05, 0) is 0 Å². The maximum atomic E-state index is 10.3. The summed E-state index contributed by atoms with van der Waals surface area (Å²) < 4.78 is 0. The summed E-state index contributed by atoms with van der Waals surface area (Å²) in [6.45, 7) is 0. The molecule has 0 aliphatic heterocycles. The Balaban J connectivity index is 3.42. The molecular formula is C4HN3O6S. The maximum Gasteiger partial charge on any atom is 0.434 e. The van der Waals surface area contributed by atoms with Gasteiger partial charge < -0.3 is 0 Å². The van der Waals surface area contributed by atoms with Crippen LogP contribution < -0.4 is 0 Å². The highest BCUT2D eigenvalue weighted by Gasteiger charge is 2.38. The SMILES string of the molecule is O=[N+]([O-])c1csc([N+](=O)[O-])c1[N+](=O)[O-]. The molecule has 9 nitrogen and oxygen atoms in total. The second kappa shape index (κ2) is 3.33. The van der Waals surface area contributed by atoms with E-state index in [9.17, 15) is 30.3 Å². The number of hydrogen-bond donors (Lipinski definition) is 0. The molecule has 1 rings (SSSR count). The molecule has 0 aliphatic carbocycles. The fourth-order valence-corrected chi connectivity index (χ4v) is 1.56. The molecule has 1 aromatic rings. The monoisotopic (exact) mass is 219 g/mol. The van der Waals surface area contributed by atoms with Crippen molar-refractivity contribution in [3.8, 4) is 0 Å². The first-order chi connectivity index (χ1) is 6.45. The summed E-state index contributed by atoms with van der Waals surface area (Å²) in [7, 11) is 0. The Labute approximate surface area is 79.0 Å². The van der Waals surface area contributed by atoms with E-state index in [2.05, 4.69) is 0 Å². The lowest BCUT2D eigenvalue weighted by Gasteiger charge is -1.87. The molecule has 0 saturated carbocycles. The molecular weight excluding hydrogens is 218 g/mol. The van der Waals surface area contributed by atoms with Gasteiger partial charge in [-0.15, -0.1) is 0 Å². The molecule has 0 N–H and O–H groups in total. The minimum atomic E-state index is -1.13. The second-order valence-corrected chi connectivity index (χ2v) is 2.90. The van der Waals surface area contributed by atoms with Crippen LogP contribution >= 0.6 is 11.3 Å². The Morgan fingerprint density at radius 3 is 1.93 bits per heavy atom. The zero-order valence-electron chi connectivity index (χ0n) is 6.28. The van der Waals surface area contributed by atoms with E-state index >= 15 is 0 Å². The zero-order chi connectivity index (χ0) is 10.9. The van der Waals surface area contributed by atoms with E-state index in [0.717, 1.165) is 5.38 Å². The van der Waals surface area contributed by atoms with Gasteiger partial charge in [-0.1, -0.05) is 11.3 Å². The van der Waals surface area contributed by atoms with Crippen LogP contribution in [0.5, 0.6) is 0 Å². The number of nitro groups is 3. The topological polar surface area (TPSA) is 129 Å². The van der Waals surface area contributed by atoms with Crippen molar-refractivity contribution in [3.05, 3.63) is 35.7 Å². The van der Waals surface area contributed by atoms with Crippen LogP contribution in [0, 0.1) is 30.3 Å². The van der Waals surface area contributed by atoms with Crippen LogP contribution in [0.2, 0.25) is 0 Å². The highest BCUT2D eigenvalue weighted by atomic mass is 32.1. The molecule has 0 fully saturated rings. The Morgan fingerprint density at radius 2 is 1.57 bits per heavy atom. The van der Waals surface area contributed by atoms with Crippen molar-refractivity contribution < 1.29 is 14.8 Å². The van der Waals surface area contributed by atoms with E-state index in [1.807, 2.05) is 0 Å². The van der Waals surface area contributed by atoms with Crippen LogP contribution in [0.1, 0.15) is 0 Å². The summed E-state index contributed by atoms with van der Waals surface area (Å²) in [5.74, 6) is 0. The summed E-state index contributed by atoms with van der Waals surface area (Å²) in [4.78, 5) is 27.6. The van der Waals surface area contributed by atoms with Gasteiger partial charge in [0.25, 0.3) is 0 Å². The van der Waals surface area contributed by atoms with Gasteiger partial charge in [0.2, 0.25) is 0 Å². The van der Waals surface area contributed by atoms with E-state index in [-0.39, 0.29) is 0 Å². The van der Waals surface area contributed by atoms with Crippen molar-refractivity contribution in [2.24, 2.45) is 0 Å². The number of thiophene rings is 1. The molecule has 0 aliphatic rings. The Kier molecular flexibility index (Phi) is 2.38. The van der Waals surface area contributed by atoms with Crippen molar-refractivity contribution in [3.63, 3.8) is 0 Å². The highest BCUT2D eigenvalue weighted by molar-refractivity contribution is 7.14. The van der Waals surface area contributed by atoms with Gasteiger partial charge in [-0.3, -0.25) is 30.3 Å². The Morgan fingerprint density at radius 1 is 1.00 bits per heavy atom. The van der Waals surface area contributed by atoms with Crippen molar-refractivity contribution in [1.82, 2.24) is 0 Å². The van der Waals surface area contributed by atoms with Crippen molar-refractivity contribution in [2.75, 3.05) is 0 Å². The molecule has 0 spiro atoms. The van der Waals surface area contributed by atoms with Gasteiger partial charge in [0.1, 0.15) is 0 Å². The van der Waals surface area contributed by atoms with Crippen molar-refractivity contribution in [2.45, 2.75) is 0 Å². The largest absolute Gasteiger partial charge is 0.434 e. The van der Waals surface area contributed by atoms with Crippen LogP contribution in [-0.4, -0.2) is 14.8 Å². The predicted octanol–water partition coefficient (Wildman–Crippen LogP) is 1.47. The average Bonchev–Trinajstić information content (AvgIpc) is 2.46. The molecule has 1 heterocycles. The van der Waals surface area contributed by atoms with Gasteiger partial charge in [-0.25, -0.2) is 0 Å². The van der Waals surface area contributed by atoms with Crippen molar-refractivity contribution >= 4 is 27.7 Å². The summed E-state index contributed by atoms with van der Waals surface area (Å²) in [6, 6.07) is 0. The fourth-order valence-electron chi connectivity index (χ4n) is 0.763. The minimum Gasteiger partial charge on any atom is -0.258 e. The Bertz CT molecular complexity index is 393. The zero-order valence-corrected chi connectivity index (χ0v) is 7.09. The maximum absolute atomic E-state index is 10.3. The van der Waals surface area contributed by atoms with Gasteiger partial charge in [0, 0.05) is 0 Å². The standard InChI is InChI=1S/C4HN3O6S/c8-5(9)2-1-14-4(7(12)13)3(2)6(10)11/h1H. The third-order valence-electron chi connectivity index (χ3n) is 1.27. The normalized spacial score (nSPS) is 9.71. The van der Waals surface area contributed by atoms with Gasteiger partial charge in [0.05, 0.1) is 20.1 Å². The average molecular weight is 219 g/mol. The number of hydrogen-bond acceptors (Lipinski definition) is 7. The lowest BCUT2D eigenvalue weighted by molar-refractivity contribution is -0.437. The first-order valence-corrected chi connectivity index (χ1v) is 3.87. The Hall–Kier alpha value is -2.10. The molecule has 0 saturated heterocycles. The molecule has 74 valence electrons. The quantitative estimate of drug-likeness (QED) is 0.558. The van der Waals surface area contributed by atoms with Gasteiger partial charge >= 0.3 is 16.4 Å². The minimum absolute atomic E-state index is 0.359. The second-order valence-electron chi connectivity index (χ2n) is 2.05. The van der Waals surface area contributed by atoms with E-state index < -0.39 is 31.1 Å². The molecule has 14 heavy (non-hydrogen) atoms. The highest BCUT2D eigenvalue weighted by Crippen LogP contribution is 2.41. The van der Waals surface area contributed by atoms with E-state index in [4.69, 9.17) is 0 Å². The van der Waals surface area contributed by atoms with Crippen LogP contribution in [0.4, 0.5) is 16.4 Å². The first-order valence-electron chi connectivity index (χ1n) is 2.99. The van der Waals surface area contributed by atoms with Gasteiger partial charge in [-0.2, -0.15) is 0 Å². The van der Waals surface area contributed by atoms with Crippen molar-refractivity contribution in [1.29, 1.82) is 0 Å². The number of nitrogens with zero attached hydrogens (tertiary/aromatic N) is 3. The molecule has 1 aromatic heterocycles. The van der Waals surface area contributed by atoms with Crippen LogP contribution in [0.25, 0.3) is 0 Å². The van der Waals surface area contributed by atoms with Crippen LogP contribution in [0.3, 0.4) is 0 Å². The lowest BCUT2D eigenvalue weighted by Crippen LogP contribution is -1.96. The molecule has 0 amide bonds. The molecule has 0 atom stereocenters. The predicted molar refractivity (Wildman–Crippen MR) is 44.3 cm³/mol. The van der Waals surface area contributed by atoms with E-state index in [1.54, 1.807) is 0 Å². The van der Waals surface area contributed by atoms with Crippen LogP contribution in [0.15, 0.2) is 5.38 Å². The lowest BCUT2D eigenvalue weighted by atomic mass is 10.4. The molecule has 10 heteroatoms. The smallest absolute Gasteiger partial charge is 0.258 e. The van der Waals surface area contributed by atoms with Crippen LogP contribution in [-0.2, 0) is 0 Å². The molecule has 0 bridgehead atoms. The first kappa shape index (κ1) is 9.98. The molecule has 0 unspecified atom stereocenters. The van der Waals surface area contributed by atoms with E-state index in [1.165, 1.54) is 0 Å². The summed E-state index contributed by atoms with van der Waals surface area (Å²) in [5, 5.41) is 30.8. The third kappa shape index (κ3) is 1.50. The fraction of sp³-hybridized carbons (Fsp3) is 0. The number of rotatable bonds is 3. The third-order valence-corrected chi connectivity index (χ3v) is 2.18. The molecule has 0 radical (unpaired) electrons.